The third kappa shape index (κ3) is 4.50. The molecule has 1 unspecified atom stereocenters. The molecule has 1 amide bonds. The monoisotopic (exact) mass is 315 g/mol. The van der Waals surface area contributed by atoms with E-state index < -0.39 is 11.9 Å². The summed E-state index contributed by atoms with van der Waals surface area (Å²) in [5, 5.41) is 19.2. The Bertz CT molecular complexity index is 676. The van der Waals surface area contributed by atoms with Crippen molar-refractivity contribution in [2.75, 3.05) is 13.7 Å². The lowest BCUT2D eigenvalue weighted by molar-refractivity contribution is -0.141. The Morgan fingerprint density at radius 1 is 1.26 bits per heavy atom. The molecule has 0 aliphatic rings. The van der Waals surface area contributed by atoms with Gasteiger partial charge in [0.2, 0.25) is 0 Å². The van der Waals surface area contributed by atoms with E-state index in [2.05, 4.69) is 15.5 Å². The number of aliphatic carboxylic acids is 1. The zero-order valence-corrected chi connectivity index (χ0v) is 12.6. The van der Waals surface area contributed by atoms with Crippen LogP contribution in [0, 0.1) is 5.92 Å². The van der Waals surface area contributed by atoms with Gasteiger partial charge in [-0.25, -0.2) is 0 Å². The smallest absolute Gasteiger partial charge is 0.308 e. The van der Waals surface area contributed by atoms with Crippen LogP contribution in [0.1, 0.15) is 15.9 Å². The first-order valence-corrected chi connectivity index (χ1v) is 7.01. The van der Waals surface area contributed by atoms with E-state index >= 15 is 0 Å². The SMILES string of the molecule is COc1ccccc1CC(CNC(=O)c1ccnnc1)C(=O)O. The second-order valence-corrected chi connectivity index (χ2v) is 4.89. The maximum absolute atomic E-state index is 12.0. The lowest BCUT2D eigenvalue weighted by Gasteiger charge is -2.15. The number of nitrogens with one attached hydrogen (secondary N) is 1. The van der Waals surface area contributed by atoms with Crippen LogP contribution in [0.25, 0.3) is 0 Å². The Morgan fingerprint density at radius 2 is 2.04 bits per heavy atom. The zero-order valence-electron chi connectivity index (χ0n) is 12.6. The molecule has 2 rings (SSSR count). The maximum Gasteiger partial charge on any atom is 0.308 e. The highest BCUT2D eigenvalue weighted by molar-refractivity contribution is 5.93. The predicted molar refractivity (Wildman–Crippen MR) is 82.2 cm³/mol. The van der Waals surface area contributed by atoms with Crippen LogP contribution in [0.2, 0.25) is 0 Å². The first-order chi connectivity index (χ1) is 11.1. The number of carboxylic acid groups (broad SMARTS) is 1. The Labute approximate surface area is 133 Å². The lowest BCUT2D eigenvalue weighted by atomic mass is 9.98. The number of amides is 1. The van der Waals surface area contributed by atoms with E-state index in [1.165, 1.54) is 25.6 Å². The van der Waals surface area contributed by atoms with Gasteiger partial charge < -0.3 is 15.2 Å². The lowest BCUT2D eigenvalue weighted by Crippen LogP contribution is -2.34. The van der Waals surface area contributed by atoms with Crippen LogP contribution in [0.5, 0.6) is 5.75 Å². The fourth-order valence-corrected chi connectivity index (χ4v) is 2.13. The van der Waals surface area contributed by atoms with Crippen molar-refractivity contribution in [1.82, 2.24) is 15.5 Å². The maximum atomic E-state index is 12.0. The highest BCUT2D eigenvalue weighted by Gasteiger charge is 2.21. The number of hydrogen-bond donors (Lipinski definition) is 2. The highest BCUT2D eigenvalue weighted by atomic mass is 16.5. The summed E-state index contributed by atoms with van der Waals surface area (Å²) in [6, 6.07) is 8.73. The standard InChI is InChI=1S/C16H17N3O4/c1-23-14-5-3-2-4-11(14)8-13(16(21)22)9-17-15(20)12-6-7-18-19-10-12/h2-7,10,13H,8-9H2,1H3,(H,17,20)(H,21,22). The number of hydrogen-bond acceptors (Lipinski definition) is 5. The van der Waals surface area contributed by atoms with Gasteiger partial charge in [0.1, 0.15) is 5.75 Å². The molecule has 0 saturated carbocycles. The second kappa shape index (κ2) is 7.88. The van der Waals surface area contributed by atoms with Gasteiger partial charge in [-0.15, -0.1) is 0 Å². The van der Waals surface area contributed by atoms with Gasteiger partial charge in [0.05, 0.1) is 31.0 Å². The molecule has 0 bridgehead atoms. The van der Waals surface area contributed by atoms with Crippen LogP contribution in [-0.2, 0) is 11.2 Å². The summed E-state index contributed by atoms with van der Waals surface area (Å²) in [5.41, 5.74) is 1.11. The van der Waals surface area contributed by atoms with Crippen molar-refractivity contribution in [1.29, 1.82) is 0 Å². The number of carboxylic acids is 1. The molecule has 1 atom stereocenters. The number of benzene rings is 1. The Balaban J connectivity index is 2.02. The van der Waals surface area contributed by atoms with Gasteiger partial charge in [0.25, 0.3) is 5.91 Å². The Kier molecular flexibility index (Phi) is 5.62. The average Bonchev–Trinajstić information content (AvgIpc) is 2.59. The van der Waals surface area contributed by atoms with E-state index in [4.69, 9.17) is 4.74 Å². The number of nitrogens with zero attached hydrogens (tertiary/aromatic N) is 2. The Morgan fingerprint density at radius 3 is 2.70 bits per heavy atom. The normalized spacial score (nSPS) is 11.5. The second-order valence-electron chi connectivity index (χ2n) is 4.89. The molecule has 2 N–H and O–H groups in total. The number of para-hydroxylation sites is 1. The van der Waals surface area contributed by atoms with E-state index in [9.17, 15) is 14.7 Å². The number of rotatable bonds is 7. The topological polar surface area (TPSA) is 101 Å². The summed E-state index contributed by atoms with van der Waals surface area (Å²) in [4.78, 5) is 23.4. The summed E-state index contributed by atoms with van der Waals surface area (Å²) < 4.78 is 5.23. The Hall–Kier alpha value is -2.96. The minimum atomic E-state index is -0.982. The third-order valence-electron chi connectivity index (χ3n) is 3.36. The molecule has 7 heteroatoms. The van der Waals surface area contributed by atoms with Crippen molar-refractivity contribution >= 4 is 11.9 Å². The summed E-state index contributed by atoms with van der Waals surface area (Å²) in [6.45, 7) is 0.00847. The molecule has 0 radical (unpaired) electrons. The van der Waals surface area contributed by atoms with E-state index in [0.717, 1.165) is 5.56 Å². The van der Waals surface area contributed by atoms with Gasteiger partial charge in [0.15, 0.2) is 0 Å². The van der Waals surface area contributed by atoms with Crippen LogP contribution < -0.4 is 10.1 Å². The van der Waals surface area contributed by atoms with Crippen molar-refractivity contribution in [2.24, 2.45) is 5.92 Å². The molecule has 0 aliphatic carbocycles. The molecule has 0 fully saturated rings. The van der Waals surface area contributed by atoms with Crippen LogP contribution in [0.15, 0.2) is 42.7 Å². The van der Waals surface area contributed by atoms with Crippen molar-refractivity contribution < 1.29 is 19.4 Å². The quantitative estimate of drug-likeness (QED) is 0.795. The summed E-state index contributed by atoms with van der Waals surface area (Å²) >= 11 is 0. The summed E-state index contributed by atoms with van der Waals surface area (Å²) in [7, 11) is 1.53. The minimum Gasteiger partial charge on any atom is -0.496 e. The average molecular weight is 315 g/mol. The third-order valence-corrected chi connectivity index (χ3v) is 3.36. The fraction of sp³-hybridized carbons (Fsp3) is 0.250. The van der Waals surface area contributed by atoms with E-state index in [1.807, 2.05) is 18.2 Å². The van der Waals surface area contributed by atoms with Gasteiger partial charge in [0, 0.05) is 6.54 Å². The van der Waals surface area contributed by atoms with Crippen LogP contribution in [0.3, 0.4) is 0 Å². The number of carbonyl (C=O) groups is 2. The molecular formula is C16H17N3O4. The minimum absolute atomic E-state index is 0.00847. The van der Waals surface area contributed by atoms with Crippen LogP contribution in [-0.4, -0.2) is 40.8 Å². The number of methoxy groups -OCH3 is 1. The molecule has 0 spiro atoms. The number of ether oxygens (including phenoxy) is 1. The fourth-order valence-electron chi connectivity index (χ4n) is 2.13. The van der Waals surface area contributed by atoms with Crippen molar-refractivity contribution in [2.45, 2.75) is 6.42 Å². The van der Waals surface area contributed by atoms with Crippen molar-refractivity contribution in [3.05, 3.63) is 53.9 Å². The molecule has 0 saturated heterocycles. The molecule has 1 aromatic heterocycles. The molecule has 2 aromatic rings. The first-order valence-electron chi connectivity index (χ1n) is 7.01. The molecule has 0 aliphatic heterocycles. The zero-order chi connectivity index (χ0) is 16.7. The van der Waals surface area contributed by atoms with Crippen molar-refractivity contribution in [3.8, 4) is 5.75 Å². The van der Waals surface area contributed by atoms with Crippen LogP contribution in [0.4, 0.5) is 0 Å². The van der Waals surface area contributed by atoms with Gasteiger partial charge in [-0.1, -0.05) is 18.2 Å². The van der Waals surface area contributed by atoms with E-state index in [1.54, 1.807) is 6.07 Å². The summed E-state index contributed by atoms with van der Waals surface area (Å²) in [5.74, 6) is -1.50. The van der Waals surface area contributed by atoms with E-state index in [-0.39, 0.29) is 18.9 Å². The molecule has 120 valence electrons. The molecule has 1 heterocycles. The number of carbonyl (C=O) groups excluding carboxylic acids is 1. The van der Waals surface area contributed by atoms with Crippen LogP contribution >= 0.6 is 0 Å². The molecule has 7 nitrogen and oxygen atoms in total. The largest absolute Gasteiger partial charge is 0.496 e. The predicted octanol–water partition coefficient (Wildman–Crippen LogP) is 1.16. The molecule has 23 heavy (non-hydrogen) atoms. The number of aromatic nitrogens is 2. The van der Waals surface area contributed by atoms with E-state index in [0.29, 0.717) is 11.3 Å². The van der Waals surface area contributed by atoms with Gasteiger partial charge in [-0.3, -0.25) is 9.59 Å². The van der Waals surface area contributed by atoms with Crippen molar-refractivity contribution in [3.63, 3.8) is 0 Å². The van der Waals surface area contributed by atoms with Gasteiger partial charge >= 0.3 is 5.97 Å². The molecular weight excluding hydrogens is 298 g/mol. The summed E-state index contributed by atoms with van der Waals surface area (Å²) in [6.07, 6.45) is 2.98. The first kappa shape index (κ1) is 16.4. The van der Waals surface area contributed by atoms with Gasteiger partial charge in [-0.2, -0.15) is 10.2 Å². The highest BCUT2D eigenvalue weighted by Crippen LogP contribution is 2.21. The molecule has 1 aromatic carbocycles. The van der Waals surface area contributed by atoms with Gasteiger partial charge in [-0.05, 0) is 24.1 Å².